The average molecular weight is 288 g/mol. The Morgan fingerprint density at radius 3 is 2.43 bits per heavy atom. The van der Waals surface area contributed by atoms with Gasteiger partial charge in [-0.2, -0.15) is 0 Å². The van der Waals surface area contributed by atoms with Crippen LogP contribution in [0.5, 0.6) is 0 Å². The maximum Gasteiger partial charge on any atom is 0.352 e. The van der Waals surface area contributed by atoms with Gasteiger partial charge in [0.05, 0.1) is 4.92 Å². The number of aromatic nitrogens is 1. The molecule has 7 nitrogen and oxygen atoms in total. The monoisotopic (exact) mass is 288 g/mol. The van der Waals surface area contributed by atoms with E-state index >= 15 is 0 Å². The average Bonchev–Trinajstić information content (AvgIpc) is 2.46. The van der Waals surface area contributed by atoms with Gasteiger partial charge in [0, 0.05) is 24.7 Å². The van der Waals surface area contributed by atoms with E-state index in [4.69, 9.17) is 5.11 Å². The van der Waals surface area contributed by atoms with Gasteiger partial charge in [0.1, 0.15) is 5.69 Å². The van der Waals surface area contributed by atoms with E-state index in [-0.39, 0.29) is 17.9 Å². The minimum atomic E-state index is -1.17. The van der Waals surface area contributed by atoms with E-state index in [1.807, 2.05) is 0 Å². The van der Waals surface area contributed by atoms with Crippen molar-refractivity contribution >= 4 is 11.7 Å². The number of carbonyl (C=O) groups is 1. The van der Waals surface area contributed by atoms with Crippen LogP contribution < -0.4 is 5.56 Å². The van der Waals surface area contributed by atoms with Crippen molar-refractivity contribution in [2.45, 2.75) is 13.0 Å². The quantitative estimate of drug-likeness (QED) is 0.666. The van der Waals surface area contributed by atoms with E-state index in [1.165, 1.54) is 34.9 Å². The standard InChI is InChI=1S/C14H12N2O5/c17-13-3-1-2-12(14(18)19)15(13)9-8-10-4-6-11(7-5-10)16(20)21/h1-7H,8-9H2,(H,18,19). The number of nitro groups is 1. The van der Waals surface area contributed by atoms with E-state index in [1.54, 1.807) is 12.1 Å². The molecule has 1 N–H and O–H groups in total. The molecule has 0 fully saturated rings. The lowest BCUT2D eigenvalue weighted by molar-refractivity contribution is -0.384. The fraction of sp³-hybridized carbons (Fsp3) is 0.143. The van der Waals surface area contributed by atoms with Crippen molar-refractivity contribution in [1.82, 2.24) is 4.57 Å². The van der Waals surface area contributed by atoms with Gasteiger partial charge in [0.2, 0.25) is 0 Å². The number of nitro benzene ring substituents is 1. The largest absolute Gasteiger partial charge is 0.477 e. The first-order chi connectivity index (χ1) is 9.99. The molecule has 0 unspecified atom stereocenters. The highest BCUT2D eigenvalue weighted by Crippen LogP contribution is 2.12. The van der Waals surface area contributed by atoms with E-state index < -0.39 is 16.5 Å². The second-order valence-electron chi connectivity index (χ2n) is 4.38. The second kappa shape index (κ2) is 6.00. The summed E-state index contributed by atoms with van der Waals surface area (Å²) in [6.45, 7) is 0.194. The van der Waals surface area contributed by atoms with E-state index in [0.29, 0.717) is 6.42 Å². The zero-order valence-electron chi connectivity index (χ0n) is 10.9. The molecule has 2 rings (SSSR count). The Hall–Kier alpha value is -2.96. The van der Waals surface area contributed by atoms with Crippen LogP contribution >= 0.6 is 0 Å². The molecule has 0 amide bonds. The van der Waals surface area contributed by atoms with Crippen molar-refractivity contribution in [3.05, 3.63) is 74.2 Å². The summed E-state index contributed by atoms with van der Waals surface area (Å²) in [5.41, 5.74) is 0.302. The molecule has 0 saturated carbocycles. The van der Waals surface area contributed by atoms with Crippen molar-refractivity contribution in [1.29, 1.82) is 0 Å². The molecule has 2 aromatic rings. The summed E-state index contributed by atoms with van der Waals surface area (Å²) < 4.78 is 1.17. The molecule has 108 valence electrons. The Morgan fingerprint density at radius 2 is 1.86 bits per heavy atom. The predicted molar refractivity (Wildman–Crippen MR) is 74.5 cm³/mol. The highest BCUT2D eigenvalue weighted by molar-refractivity contribution is 5.85. The number of benzene rings is 1. The van der Waals surface area contributed by atoms with E-state index in [9.17, 15) is 19.7 Å². The Bertz CT molecular complexity index is 734. The predicted octanol–water partition coefficient (Wildman–Crippen LogP) is 1.70. The van der Waals surface area contributed by atoms with Gasteiger partial charge in [-0.1, -0.05) is 18.2 Å². The van der Waals surface area contributed by atoms with Crippen molar-refractivity contribution in [2.75, 3.05) is 0 Å². The summed E-state index contributed by atoms with van der Waals surface area (Å²) >= 11 is 0. The van der Waals surface area contributed by atoms with Gasteiger partial charge >= 0.3 is 5.97 Å². The maximum atomic E-state index is 11.7. The minimum Gasteiger partial charge on any atom is -0.477 e. The third-order valence-corrected chi connectivity index (χ3v) is 3.04. The van der Waals surface area contributed by atoms with Crippen LogP contribution in [0.25, 0.3) is 0 Å². The highest BCUT2D eigenvalue weighted by atomic mass is 16.6. The minimum absolute atomic E-state index is 0.0122. The summed E-state index contributed by atoms with van der Waals surface area (Å²) in [4.78, 5) is 32.8. The first-order valence-electron chi connectivity index (χ1n) is 6.15. The molecular weight excluding hydrogens is 276 g/mol. The molecule has 1 heterocycles. The third-order valence-electron chi connectivity index (χ3n) is 3.04. The van der Waals surface area contributed by atoms with Crippen LogP contribution in [-0.2, 0) is 13.0 Å². The number of hydrogen-bond acceptors (Lipinski definition) is 4. The van der Waals surface area contributed by atoms with Gasteiger partial charge in [-0.15, -0.1) is 0 Å². The van der Waals surface area contributed by atoms with E-state index in [0.717, 1.165) is 5.56 Å². The summed E-state index contributed by atoms with van der Waals surface area (Å²) in [7, 11) is 0. The zero-order chi connectivity index (χ0) is 15.4. The number of hydrogen-bond donors (Lipinski definition) is 1. The zero-order valence-corrected chi connectivity index (χ0v) is 10.9. The second-order valence-corrected chi connectivity index (χ2v) is 4.38. The maximum absolute atomic E-state index is 11.7. The fourth-order valence-electron chi connectivity index (χ4n) is 1.96. The lowest BCUT2D eigenvalue weighted by Gasteiger charge is -2.09. The van der Waals surface area contributed by atoms with Gasteiger partial charge in [0.15, 0.2) is 0 Å². The number of nitrogens with zero attached hydrogens (tertiary/aromatic N) is 2. The molecule has 0 bridgehead atoms. The Kier molecular flexibility index (Phi) is 4.13. The molecular formula is C14H12N2O5. The van der Waals surface area contributed by atoms with Crippen LogP contribution in [0.4, 0.5) is 5.69 Å². The number of carboxylic acids is 1. The lowest BCUT2D eigenvalue weighted by atomic mass is 10.1. The summed E-state index contributed by atoms with van der Waals surface area (Å²) in [5, 5.41) is 19.6. The molecule has 21 heavy (non-hydrogen) atoms. The van der Waals surface area contributed by atoms with Gasteiger partial charge in [0.25, 0.3) is 11.2 Å². The molecule has 0 spiro atoms. The number of rotatable bonds is 5. The molecule has 1 aromatic heterocycles. The third kappa shape index (κ3) is 3.33. The molecule has 1 aromatic carbocycles. The number of non-ortho nitro benzene ring substituents is 1. The Balaban J connectivity index is 2.18. The van der Waals surface area contributed by atoms with Gasteiger partial charge < -0.3 is 9.67 Å². The van der Waals surface area contributed by atoms with Crippen LogP contribution in [0.3, 0.4) is 0 Å². The van der Waals surface area contributed by atoms with Crippen molar-refractivity contribution in [3.63, 3.8) is 0 Å². The van der Waals surface area contributed by atoms with Crippen molar-refractivity contribution in [2.24, 2.45) is 0 Å². The number of pyridine rings is 1. The number of aryl methyl sites for hydroxylation is 1. The van der Waals surface area contributed by atoms with Crippen LogP contribution in [0.1, 0.15) is 16.1 Å². The Morgan fingerprint density at radius 1 is 1.19 bits per heavy atom. The van der Waals surface area contributed by atoms with Crippen LogP contribution in [0, 0.1) is 10.1 Å². The molecule has 0 aliphatic heterocycles. The molecule has 0 aliphatic rings. The summed E-state index contributed by atoms with van der Waals surface area (Å²) in [6, 6.07) is 9.98. The van der Waals surface area contributed by atoms with Crippen molar-refractivity contribution < 1.29 is 14.8 Å². The van der Waals surface area contributed by atoms with Gasteiger partial charge in [-0.25, -0.2) is 4.79 Å². The SMILES string of the molecule is O=C(O)c1cccc(=O)n1CCc1ccc([N+](=O)[O-])cc1. The van der Waals surface area contributed by atoms with Crippen LogP contribution in [0.15, 0.2) is 47.3 Å². The van der Waals surface area contributed by atoms with Crippen LogP contribution in [0.2, 0.25) is 0 Å². The Labute approximate surface area is 119 Å². The smallest absolute Gasteiger partial charge is 0.352 e. The number of carboxylic acid groups (broad SMARTS) is 1. The summed E-state index contributed by atoms with van der Waals surface area (Å²) in [5.74, 6) is -1.17. The normalized spacial score (nSPS) is 10.3. The van der Waals surface area contributed by atoms with Crippen molar-refractivity contribution in [3.8, 4) is 0 Å². The molecule has 7 heteroatoms. The van der Waals surface area contributed by atoms with Gasteiger partial charge in [-0.3, -0.25) is 14.9 Å². The highest BCUT2D eigenvalue weighted by Gasteiger charge is 2.10. The number of aromatic carboxylic acids is 1. The van der Waals surface area contributed by atoms with E-state index in [2.05, 4.69) is 0 Å². The molecule has 0 radical (unpaired) electrons. The fourth-order valence-corrected chi connectivity index (χ4v) is 1.96. The lowest BCUT2D eigenvalue weighted by Crippen LogP contribution is -2.25. The molecule has 0 saturated heterocycles. The first-order valence-corrected chi connectivity index (χ1v) is 6.15. The van der Waals surface area contributed by atoms with Gasteiger partial charge in [-0.05, 0) is 18.1 Å². The topological polar surface area (TPSA) is 102 Å². The molecule has 0 aliphatic carbocycles. The first kappa shape index (κ1) is 14.4. The van der Waals surface area contributed by atoms with Crippen LogP contribution in [-0.4, -0.2) is 20.6 Å². The molecule has 0 atom stereocenters. The summed E-state index contributed by atoms with van der Waals surface area (Å²) in [6.07, 6.45) is 0.405.